The highest BCUT2D eigenvalue weighted by Gasteiger charge is 2.34. The van der Waals surface area contributed by atoms with Crippen LogP contribution in [0, 0.1) is 13.8 Å². The van der Waals surface area contributed by atoms with Gasteiger partial charge in [-0.1, -0.05) is 30.3 Å². The first kappa shape index (κ1) is 18.2. The Morgan fingerprint density at radius 3 is 2.54 bits per heavy atom. The zero-order valence-corrected chi connectivity index (χ0v) is 15.3. The first-order valence-corrected chi connectivity index (χ1v) is 8.75. The lowest BCUT2D eigenvalue weighted by atomic mass is 10.1. The van der Waals surface area contributed by atoms with Crippen molar-refractivity contribution < 1.29 is 19.4 Å². The molecule has 0 saturated carbocycles. The number of aliphatic carboxylic acids is 1. The minimum absolute atomic E-state index is 0.0703. The van der Waals surface area contributed by atoms with E-state index in [2.05, 4.69) is 16.7 Å². The van der Waals surface area contributed by atoms with Gasteiger partial charge in [0.25, 0.3) is 5.91 Å². The number of aryl methyl sites for hydroxylation is 1. The van der Waals surface area contributed by atoms with Gasteiger partial charge in [0, 0.05) is 24.5 Å². The van der Waals surface area contributed by atoms with Gasteiger partial charge in [-0.15, -0.1) is 0 Å². The van der Waals surface area contributed by atoms with Crippen molar-refractivity contribution in [1.82, 2.24) is 9.47 Å². The Bertz CT molecular complexity index is 813. The third kappa shape index (κ3) is 3.65. The van der Waals surface area contributed by atoms with Crippen LogP contribution in [0.2, 0.25) is 0 Å². The van der Waals surface area contributed by atoms with Gasteiger partial charge in [-0.3, -0.25) is 4.79 Å². The van der Waals surface area contributed by atoms with Gasteiger partial charge < -0.3 is 19.3 Å². The molecule has 0 aliphatic carbocycles. The summed E-state index contributed by atoms with van der Waals surface area (Å²) in [4.78, 5) is 25.9. The number of hydrogen-bond donors (Lipinski definition) is 1. The van der Waals surface area contributed by atoms with Gasteiger partial charge >= 0.3 is 5.97 Å². The summed E-state index contributed by atoms with van der Waals surface area (Å²) in [7, 11) is 0. The van der Waals surface area contributed by atoms with Gasteiger partial charge in [-0.05, 0) is 32.4 Å². The quantitative estimate of drug-likeness (QED) is 0.913. The van der Waals surface area contributed by atoms with Crippen LogP contribution in [0.15, 0.2) is 36.4 Å². The molecule has 1 aromatic carbocycles. The average molecular weight is 356 g/mol. The normalized spacial score (nSPS) is 20.2. The van der Waals surface area contributed by atoms with E-state index in [0.29, 0.717) is 18.7 Å². The van der Waals surface area contributed by atoms with Crippen LogP contribution in [-0.4, -0.2) is 51.7 Å². The lowest BCUT2D eigenvalue weighted by molar-refractivity contribution is -0.160. The monoisotopic (exact) mass is 356 g/mol. The van der Waals surface area contributed by atoms with Crippen LogP contribution < -0.4 is 0 Å². The Hall–Kier alpha value is -2.60. The van der Waals surface area contributed by atoms with Crippen LogP contribution in [0.4, 0.5) is 0 Å². The predicted octanol–water partition coefficient (Wildman–Crippen LogP) is 2.47. The second kappa shape index (κ2) is 7.33. The molecule has 0 radical (unpaired) electrons. The summed E-state index contributed by atoms with van der Waals surface area (Å²) in [5.41, 5.74) is 3.68. The van der Waals surface area contributed by atoms with E-state index < -0.39 is 12.1 Å². The minimum Gasteiger partial charge on any atom is -0.479 e. The van der Waals surface area contributed by atoms with Gasteiger partial charge in [0.05, 0.1) is 18.2 Å². The third-order valence-corrected chi connectivity index (χ3v) is 4.81. The van der Waals surface area contributed by atoms with Crippen LogP contribution in [0.3, 0.4) is 0 Å². The molecule has 1 saturated heterocycles. The largest absolute Gasteiger partial charge is 0.479 e. The molecule has 2 atom stereocenters. The molecule has 138 valence electrons. The summed E-state index contributed by atoms with van der Waals surface area (Å²) >= 11 is 0. The highest BCUT2D eigenvalue weighted by molar-refractivity contribution is 5.96. The molecule has 0 spiro atoms. The molecular formula is C20H24N2O4. The lowest BCUT2D eigenvalue weighted by Crippen LogP contribution is -2.51. The van der Waals surface area contributed by atoms with Crippen molar-refractivity contribution in [2.45, 2.75) is 39.5 Å². The number of hydrogen-bond acceptors (Lipinski definition) is 3. The number of carboxylic acid groups (broad SMARTS) is 1. The second-order valence-electron chi connectivity index (χ2n) is 6.84. The number of rotatable bonds is 4. The molecule has 1 unspecified atom stereocenters. The van der Waals surface area contributed by atoms with Crippen molar-refractivity contribution in [3.8, 4) is 0 Å². The summed E-state index contributed by atoms with van der Waals surface area (Å²) in [6, 6.07) is 12.0. The first-order valence-electron chi connectivity index (χ1n) is 8.75. The molecule has 6 nitrogen and oxygen atoms in total. The highest BCUT2D eigenvalue weighted by atomic mass is 16.5. The van der Waals surface area contributed by atoms with Crippen molar-refractivity contribution in [2.24, 2.45) is 0 Å². The van der Waals surface area contributed by atoms with E-state index in [1.165, 1.54) is 5.56 Å². The van der Waals surface area contributed by atoms with Crippen LogP contribution >= 0.6 is 0 Å². The fraction of sp³-hybridized carbons (Fsp3) is 0.400. The van der Waals surface area contributed by atoms with E-state index in [4.69, 9.17) is 4.74 Å². The first-order chi connectivity index (χ1) is 12.4. The van der Waals surface area contributed by atoms with Gasteiger partial charge in [0.2, 0.25) is 0 Å². The van der Waals surface area contributed by atoms with Crippen LogP contribution in [-0.2, 0) is 16.1 Å². The standard InChI is InChI=1S/C20H24N2O4/c1-13-9-17(15(3)22(13)11-16-7-5-4-6-8-16)19(23)21-10-14(2)26-18(12-21)20(24)25/h4-9,14,18H,10-12H2,1-3H3,(H,24,25)/t14-,18?/m1/s1. The molecule has 6 heteroatoms. The molecule has 2 aromatic rings. The zero-order valence-electron chi connectivity index (χ0n) is 15.3. The number of carbonyl (C=O) groups excluding carboxylic acids is 1. The zero-order chi connectivity index (χ0) is 18.8. The molecule has 1 fully saturated rings. The Morgan fingerprint density at radius 1 is 1.19 bits per heavy atom. The molecular weight excluding hydrogens is 332 g/mol. The van der Waals surface area contributed by atoms with Gasteiger partial charge in [0.15, 0.2) is 6.10 Å². The van der Waals surface area contributed by atoms with E-state index in [1.807, 2.05) is 38.1 Å². The fourth-order valence-electron chi connectivity index (χ4n) is 3.45. The maximum atomic E-state index is 13.0. The van der Waals surface area contributed by atoms with E-state index in [9.17, 15) is 14.7 Å². The third-order valence-electron chi connectivity index (χ3n) is 4.81. The number of carboxylic acids is 1. The van der Waals surface area contributed by atoms with Crippen molar-refractivity contribution >= 4 is 11.9 Å². The molecule has 1 aliphatic heterocycles. The number of ether oxygens (including phenoxy) is 1. The minimum atomic E-state index is -1.04. The van der Waals surface area contributed by atoms with Crippen LogP contribution in [0.1, 0.15) is 34.2 Å². The van der Waals surface area contributed by atoms with Crippen molar-refractivity contribution in [1.29, 1.82) is 0 Å². The van der Waals surface area contributed by atoms with E-state index in [1.54, 1.807) is 11.8 Å². The number of benzene rings is 1. The number of amides is 1. The molecule has 1 amide bonds. The van der Waals surface area contributed by atoms with E-state index in [-0.39, 0.29) is 18.6 Å². The maximum Gasteiger partial charge on any atom is 0.334 e. The Kier molecular flexibility index (Phi) is 5.13. The molecule has 0 bridgehead atoms. The topological polar surface area (TPSA) is 71.8 Å². The molecule has 1 aromatic heterocycles. The average Bonchev–Trinajstić information content (AvgIpc) is 2.89. The Morgan fingerprint density at radius 2 is 1.88 bits per heavy atom. The summed E-state index contributed by atoms with van der Waals surface area (Å²) in [5, 5.41) is 9.23. The van der Waals surface area contributed by atoms with Crippen molar-refractivity contribution in [3.63, 3.8) is 0 Å². The molecule has 26 heavy (non-hydrogen) atoms. The lowest BCUT2D eigenvalue weighted by Gasteiger charge is -2.35. The highest BCUT2D eigenvalue weighted by Crippen LogP contribution is 2.21. The number of carbonyl (C=O) groups is 2. The molecule has 3 rings (SSSR count). The van der Waals surface area contributed by atoms with Gasteiger partial charge in [-0.2, -0.15) is 0 Å². The predicted molar refractivity (Wildman–Crippen MR) is 97.3 cm³/mol. The number of aromatic nitrogens is 1. The summed E-state index contributed by atoms with van der Waals surface area (Å²) in [5.74, 6) is -1.18. The summed E-state index contributed by atoms with van der Waals surface area (Å²) in [6.07, 6.45) is -1.28. The molecule has 2 heterocycles. The Balaban J connectivity index is 1.84. The smallest absolute Gasteiger partial charge is 0.334 e. The fourth-order valence-corrected chi connectivity index (χ4v) is 3.45. The van der Waals surface area contributed by atoms with E-state index >= 15 is 0 Å². The molecule has 1 N–H and O–H groups in total. The maximum absolute atomic E-state index is 13.0. The van der Waals surface area contributed by atoms with Crippen LogP contribution in [0.25, 0.3) is 0 Å². The van der Waals surface area contributed by atoms with Crippen molar-refractivity contribution in [3.05, 3.63) is 58.9 Å². The number of nitrogens with zero attached hydrogens (tertiary/aromatic N) is 2. The SMILES string of the molecule is Cc1cc(C(=O)N2CC(C(=O)O)O[C@H](C)C2)c(C)n1Cc1ccccc1. The van der Waals surface area contributed by atoms with E-state index in [0.717, 1.165) is 11.4 Å². The van der Waals surface area contributed by atoms with Crippen LogP contribution in [0.5, 0.6) is 0 Å². The Labute approximate surface area is 153 Å². The van der Waals surface area contributed by atoms with Gasteiger partial charge in [-0.25, -0.2) is 4.79 Å². The van der Waals surface area contributed by atoms with Gasteiger partial charge in [0.1, 0.15) is 0 Å². The summed E-state index contributed by atoms with van der Waals surface area (Å²) < 4.78 is 7.52. The van der Waals surface area contributed by atoms with Crippen molar-refractivity contribution in [2.75, 3.05) is 13.1 Å². The molecule has 1 aliphatic rings. The summed E-state index contributed by atoms with van der Waals surface area (Å²) in [6.45, 7) is 6.86. The number of morpholine rings is 1. The second-order valence-corrected chi connectivity index (χ2v) is 6.84.